The minimum atomic E-state index is -3.46. The summed E-state index contributed by atoms with van der Waals surface area (Å²) in [4.78, 5) is 0.261. The summed E-state index contributed by atoms with van der Waals surface area (Å²) in [5.74, 6) is 1.64. The van der Waals surface area contributed by atoms with Crippen molar-refractivity contribution in [2.45, 2.75) is 43.9 Å². The van der Waals surface area contributed by atoms with Gasteiger partial charge in [-0.1, -0.05) is 6.92 Å². The van der Waals surface area contributed by atoms with E-state index in [0.717, 1.165) is 19.3 Å². The van der Waals surface area contributed by atoms with Gasteiger partial charge in [-0.25, -0.2) is 8.42 Å². The number of aryl methyl sites for hydroxylation is 1. The van der Waals surface area contributed by atoms with Crippen LogP contribution in [-0.4, -0.2) is 25.8 Å². The number of halogens is 1. The van der Waals surface area contributed by atoms with Crippen molar-refractivity contribution in [3.8, 4) is 0 Å². The van der Waals surface area contributed by atoms with Gasteiger partial charge in [0.05, 0.1) is 5.88 Å². The molecule has 108 valence electrons. The molecule has 6 heteroatoms. The summed E-state index contributed by atoms with van der Waals surface area (Å²) < 4.78 is 32.3. The lowest BCUT2D eigenvalue weighted by atomic mass is 10.4. The van der Waals surface area contributed by atoms with Gasteiger partial charge >= 0.3 is 0 Å². The largest absolute Gasteiger partial charge is 0.464 e. The van der Waals surface area contributed by atoms with Crippen LogP contribution in [0.3, 0.4) is 0 Å². The molecule has 0 aromatic carbocycles. The second-order valence-electron chi connectivity index (χ2n) is 5.07. The third kappa shape index (κ3) is 3.33. The topological polar surface area (TPSA) is 50.5 Å². The van der Waals surface area contributed by atoms with Crippen LogP contribution in [0.25, 0.3) is 0 Å². The van der Waals surface area contributed by atoms with E-state index in [1.807, 2.05) is 6.92 Å². The second-order valence-corrected chi connectivity index (χ2v) is 7.25. The molecule has 1 aromatic rings. The molecule has 4 nitrogen and oxygen atoms in total. The summed E-state index contributed by atoms with van der Waals surface area (Å²) in [7, 11) is -3.46. The highest BCUT2D eigenvalue weighted by Crippen LogP contribution is 2.32. The van der Waals surface area contributed by atoms with Crippen molar-refractivity contribution in [3.63, 3.8) is 0 Å². The van der Waals surface area contributed by atoms with Gasteiger partial charge in [0.2, 0.25) is 10.0 Å². The van der Waals surface area contributed by atoms with E-state index in [0.29, 0.717) is 30.5 Å². The molecule has 19 heavy (non-hydrogen) atoms. The molecule has 0 atom stereocenters. The molecule has 1 aromatic heterocycles. The molecule has 2 rings (SSSR count). The quantitative estimate of drug-likeness (QED) is 0.727. The van der Waals surface area contributed by atoms with Gasteiger partial charge in [0.15, 0.2) is 0 Å². The lowest BCUT2D eigenvalue weighted by Gasteiger charge is -2.20. The summed E-state index contributed by atoms with van der Waals surface area (Å²) in [6.07, 6.45) is 3.07. The lowest BCUT2D eigenvalue weighted by molar-refractivity contribution is 0.394. The smallest absolute Gasteiger partial charge is 0.246 e. The van der Waals surface area contributed by atoms with Crippen molar-refractivity contribution in [1.82, 2.24) is 4.31 Å². The number of hydrogen-bond acceptors (Lipinski definition) is 3. The van der Waals surface area contributed by atoms with E-state index < -0.39 is 10.0 Å². The molecular weight excluding hydrogens is 286 g/mol. The lowest BCUT2D eigenvalue weighted by Crippen LogP contribution is -2.33. The van der Waals surface area contributed by atoms with E-state index in [1.165, 1.54) is 0 Å². The predicted molar refractivity (Wildman–Crippen MR) is 74.8 cm³/mol. The number of sulfonamides is 1. The Morgan fingerprint density at radius 2 is 2.16 bits per heavy atom. The van der Waals surface area contributed by atoms with Crippen molar-refractivity contribution >= 4 is 21.6 Å². The van der Waals surface area contributed by atoms with E-state index >= 15 is 0 Å². The molecule has 1 aliphatic carbocycles. The number of rotatable bonds is 7. The minimum absolute atomic E-state index is 0.187. The molecular formula is C13H20ClNO3S. The van der Waals surface area contributed by atoms with Crippen LogP contribution < -0.4 is 0 Å². The van der Waals surface area contributed by atoms with Gasteiger partial charge in [-0.3, -0.25) is 0 Å². The maximum absolute atomic E-state index is 12.7. The standard InChI is InChI=1S/C13H20ClNO3S/c1-3-6-15(9-11-4-5-11)19(16,17)13-7-12(8-14)18-10(13)2/h7,11H,3-6,8-9H2,1-2H3. The molecule has 0 aliphatic heterocycles. The van der Waals surface area contributed by atoms with Gasteiger partial charge < -0.3 is 4.42 Å². The SMILES string of the molecule is CCCN(CC1CC1)S(=O)(=O)c1cc(CCl)oc1C. The molecule has 0 spiro atoms. The van der Waals surface area contributed by atoms with Crippen LogP contribution in [0.4, 0.5) is 0 Å². The van der Waals surface area contributed by atoms with Crippen LogP contribution in [-0.2, 0) is 15.9 Å². The zero-order valence-electron chi connectivity index (χ0n) is 11.4. The van der Waals surface area contributed by atoms with Gasteiger partial charge in [0.25, 0.3) is 0 Å². The van der Waals surface area contributed by atoms with Crippen molar-refractivity contribution in [2.24, 2.45) is 5.92 Å². The monoisotopic (exact) mass is 305 g/mol. The van der Waals surface area contributed by atoms with Gasteiger partial charge in [0.1, 0.15) is 16.4 Å². The van der Waals surface area contributed by atoms with Gasteiger partial charge in [-0.15, -0.1) is 11.6 Å². The van der Waals surface area contributed by atoms with E-state index in [-0.39, 0.29) is 10.8 Å². The molecule has 1 aliphatic rings. The van der Waals surface area contributed by atoms with Gasteiger partial charge in [-0.2, -0.15) is 4.31 Å². The second kappa shape index (κ2) is 5.85. The molecule has 0 unspecified atom stereocenters. The summed E-state index contributed by atoms with van der Waals surface area (Å²) in [6.45, 7) is 4.84. The van der Waals surface area contributed by atoms with Crippen LogP contribution in [0.2, 0.25) is 0 Å². The van der Waals surface area contributed by atoms with Crippen molar-refractivity contribution in [1.29, 1.82) is 0 Å². The number of hydrogen-bond donors (Lipinski definition) is 0. The summed E-state index contributed by atoms with van der Waals surface area (Å²) in [5, 5.41) is 0. The van der Waals surface area contributed by atoms with Crippen LogP contribution in [0.5, 0.6) is 0 Å². The average molecular weight is 306 g/mol. The van der Waals surface area contributed by atoms with E-state index in [1.54, 1.807) is 17.3 Å². The number of furan rings is 1. The molecule has 0 N–H and O–H groups in total. The number of nitrogens with zero attached hydrogens (tertiary/aromatic N) is 1. The molecule has 0 bridgehead atoms. The summed E-state index contributed by atoms with van der Waals surface area (Å²) >= 11 is 5.70. The molecule has 0 amide bonds. The molecule has 1 heterocycles. The van der Waals surface area contributed by atoms with Crippen molar-refractivity contribution in [2.75, 3.05) is 13.1 Å². The Morgan fingerprint density at radius 1 is 1.47 bits per heavy atom. The first-order chi connectivity index (χ1) is 8.98. The summed E-state index contributed by atoms with van der Waals surface area (Å²) in [5.41, 5.74) is 0. The molecule has 0 radical (unpaired) electrons. The highest BCUT2D eigenvalue weighted by Gasteiger charge is 2.33. The normalized spacial score (nSPS) is 16.2. The first-order valence-electron chi connectivity index (χ1n) is 6.64. The highest BCUT2D eigenvalue weighted by atomic mass is 35.5. The maximum atomic E-state index is 12.7. The van der Waals surface area contributed by atoms with Crippen molar-refractivity contribution < 1.29 is 12.8 Å². The Bertz CT molecular complexity index is 534. The average Bonchev–Trinajstić information content (AvgIpc) is 3.09. The van der Waals surface area contributed by atoms with E-state index in [4.69, 9.17) is 16.0 Å². The molecule has 0 saturated heterocycles. The van der Waals surface area contributed by atoms with Crippen LogP contribution in [0.1, 0.15) is 37.7 Å². The number of alkyl halides is 1. The zero-order valence-corrected chi connectivity index (χ0v) is 12.9. The van der Waals surface area contributed by atoms with E-state index in [9.17, 15) is 8.42 Å². The predicted octanol–water partition coefficient (Wildman–Crippen LogP) is 3.14. The van der Waals surface area contributed by atoms with E-state index in [2.05, 4.69) is 0 Å². The van der Waals surface area contributed by atoms with Crippen LogP contribution in [0.15, 0.2) is 15.4 Å². The van der Waals surface area contributed by atoms with Crippen LogP contribution in [0, 0.1) is 12.8 Å². The molecule has 1 saturated carbocycles. The summed E-state index contributed by atoms with van der Waals surface area (Å²) in [6, 6.07) is 1.55. The zero-order chi connectivity index (χ0) is 14.0. The van der Waals surface area contributed by atoms with Gasteiger partial charge in [-0.05, 0) is 32.1 Å². The first kappa shape index (κ1) is 14.9. The Hall–Kier alpha value is -0.520. The third-order valence-corrected chi connectivity index (χ3v) is 5.54. The highest BCUT2D eigenvalue weighted by molar-refractivity contribution is 7.89. The fourth-order valence-electron chi connectivity index (χ4n) is 2.13. The van der Waals surface area contributed by atoms with Crippen LogP contribution >= 0.6 is 11.6 Å². The Labute approximate surface area is 119 Å². The third-order valence-electron chi connectivity index (χ3n) is 3.30. The Kier molecular flexibility index (Phi) is 4.58. The first-order valence-corrected chi connectivity index (χ1v) is 8.62. The Balaban J connectivity index is 2.28. The van der Waals surface area contributed by atoms with Crippen molar-refractivity contribution in [3.05, 3.63) is 17.6 Å². The fourth-order valence-corrected chi connectivity index (χ4v) is 4.06. The molecule has 1 fully saturated rings. The minimum Gasteiger partial charge on any atom is -0.464 e. The maximum Gasteiger partial charge on any atom is 0.246 e. The van der Waals surface area contributed by atoms with Gasteiger partial charge in [0, 0.05) is 19.2 Å². The Morgan fingerprint density at radius 3 is 2.63 bits per heavy atom. The fraction of sp³-hybridized carbons (Fsp3) is 0.692.